The van der Waals surface area contributed by atoms with E-state index < -0.39 is 5.41 Å². The van der Waals surface area contributed by atoms with Gasteiger partial charge in [-0.15, -0.1) is 0 Å². The van der Waals surface area contributed by atoms with Crippen LogP contribution in [0.15, 0.2) is 42.0 Å². The zero-order valence-electron chi connectivity index (χ0n) is 13.2. The quantitative estimate of drug-likeness (QED) is 0.692. The molecule has 0 fully saturated rings. The SMILES string of the molecule is CC1=C[C@@H](c2ccccc2)C(C#N)(C#N)[C@@H](C(C)(C)C)C1. The smallest absolute Gasteiger partial charge is 0.157 e. The average Bonchev–Trinajstić information content (AvgIpc) is 2.46. The molecule has 0 aliphatic heterocycles. The van der Waals surface area contributed by atoms with Gasteiger partial charge in [0, 0.05) is 11.8 Å². The van der Waals surface area contributed by atoms with Gasteiger partial charge in [-0.3, -0.25) is 0 Å². The van der Waals surface area contributed by atoms with Crippen molar-refractivity contribution in [2.24, 2.45) is 16.7 Å². The van der Waals surface area contributed by atoms with Crippen LogP contribution in [0.5, 0.6) is 0 Å². The van der Waals surface area contributed by atoms with Gasteiger partial charge in [0.25, 0.3) is 0 Å². The van der Waals surface area contributed by atoms with Crippen LogP contribution in [-0.4, -0.2) is 0 Å². The normalized spacial score (nSPS) is 24.6. The number of hydrogen-bond donors (Lipinski definition) is 0. The van der Waals surface area contributed by atoms with E-state index in [2.05, 4.69) is 45.9 Å². The first-order chi connectivity index (χ1) is 9.85. The zero-order valence-corrected chi connectivity index (χ0v) is 13.2. The molecule has 1 aromatic rings. The molecular formula is C19H22N2. The van der Waals surface area contributed by atoms with Crippen LogP contribution >= 0.6 is 0 Å². The van der Waals surface area contributed by atoms with Crippen LogP contribution in [0.3, 0.4) is 0 Å². The second kappa shape index (κ2) is 5.38. The van der Waals surface area contributed by atoms with Crippen molar-refractivity contribution >= 4 is 0 Å². The molecule has 0 unspecified atom stereocenters. The molecule has 0 saturated heterocycles. The highest BCUT2D eigenvalue weighted by atomic mass is 14.6. The molecule has 0 heterocycles. The lowest BCUT2D eigenvalue weighted by atomic mass is 9.54. The summed E-state index contributed by atoms with van der Waals surface area (Å²) in [5, 5.41) is 19.8. The number of benzene rings is 1. The molecule has 108 valence electrons. The Morgan fingerprint density at radius 2 is 1.67 bits per heavy atom. The van der Waals surface area contributed by atoms with E-state index in [0.717, 1.165) is 12.0 Å². The topological polar surface area (TPSA) is 47.6 Å². The molecule has 21 heavy (non-hydrogen) atoms. The Labute approximate surface area is 127 Å². The molecule has 2 nitrogen and oxygen atoms in total. The van der Waals surface area contributed by atoms with E-state index in [4.69, 9.17) is 0 Å². The molecule has 1 aliphatic rings. The minimum Gasteiger partial charge on any atom is -0.197 e. The van der Waals surface area contributed by atoms with Crippen molar-refractivity contribution < 1.29 is 0 Å². The van der Waals surface area contributed by atoms with E-state index in [1.165, 1.54) is 5.57 Å². The molecule has 0 saturated carbocycles. The summed E-state index contributed by atoms with van der Waals surface area (Å²) in [6, 6.07) is 14.7. The Hall–Kier alpha value is -2.06. The van der Waals surface area contributed by atoms with Gasteiger partial charge < -0.3 is 0 Å². The average molecular weight is 278 g/mol. The number of nitrogens with zero attached hydrogens (tertiary/aromatic N) is 2. The van der Waals surface area contributed by atoms with E-state index in [1.807, 2.05) is 30.3 Å². The van der Waals surface area contributed by atoms with Crippen molar-refractivity contribution in [2.45, 2.75) is 40.0 Å². The summed E-state index contributed by atoms with van der Waals surface area (Å²) < 4.78 is 0. The third kappa shape index (κ3) is 2.59. The van der Waals surface area contributed by atoms with Crippen LogP contribution < -0.4 is 0 Å². The van der Waals surface area contributed by atoms with Gasteiger partial charge in [-0.25, -0.2) is 0 Å². The third-order valence-electron chi connectivity index (χ3n) is 4.59. The molecule has 0 amide bonds. The van der Waals surface area contributed by atoms with Gasteiger partial charge >= 0.3 is 0 Å². The Morgan fingerprint density at radius 1 is 1.10 bits per heavy atom. The molecule has 0 spiro atoms. The predicted octanol–water partition coefficient (Wildman–Crippen LogP) is 4.82. The van der Waals surface area contributed by atoms with Crippen molar-refractivity contribution in [3.63, 3.8) is 0 Å². The Bertz CT molecular complexity index is 606. The second-order valence-electron chi connectivity index (χ2n) is 7.12. The zero-order chi connectivity index (χ0) is 15.7. The molecule has 2 atom stereocenters. The van der Waals surface area contributed by atoms with Gasteiger partial charge in [-0.2, -0.15) is 10.5 Å². The molecule has 2 heteroatoms. The maximum Gasteiger partial charge on any atom is 0.157 e. The van der Waals surface area contributed by atoms with Gasteiger partial charge in [-0.1, -0.05) is 62.8 Å². The maximum absolute atomic E-state index is 9.89. The van der Waals surface area contributed by atoms with E-state index in [9.17, 15) is 10.5 Å². The molecule has 1 aromatic carbocycles. The van der Waals surface area contributed by atoms with Crippen LogP contribution in [0.25, 0.3) is 0 Å². The molecule has 0 bridgehead atoms. The Kier molecular flexibility index (Phi) is 3.93. The monoisotopic (exact) mass is 278 g/mol. The number of nitriles is 2. The van der Waals surface area contributed by atoms with Gasteiger partial charge in [-0.05, 0) is 24.3 Å². The largest absolute Gasteiger partial charge is 0.197 e. The minimum atomic E-state index is -1.00. The van der Waals surface area contributed by atoms with E-state index in [0.29, 0.717) is 0 Å². The van der Waals surface area contributed by atoms with Crippen molar-refractivity contribution in [2.75, 3.05) is 0 Å². The Morgan fingerprint density at radius 3 is 2.14 bits per heavy atom. The first-order valence-corrected chi connectivity index (χ1v) is 7.40. The van der Waals surface area contributed by atoms with Crippen LogP contribution in [0.2, 0.25) is 0 Å². The predicted molar refractivity (Wildman–Crippen MR) is 84.2 cm³/mol. The van der Waals surface area contributed by atoms with E-state index >= 15 is 0 Å². The van der Waals surface area contributed by atoms with Crippen molar-refractivity contribution in [1.82, 2.24) is 0 Å². The summed E-state index contributed by atoms with van der Waals surface area (Å²) in [6.07, 6.45) is 2.93. The lowest BCUT2D eigenvalue weighted by Gasteiger charge is -2.45. The first kappa shape index (κ1) is 15.3. The molecule has 0 aromatic heterocycles. The van der Waals surface area contributed by atoms with Crippen molar-refractivity contribution in [3.05, 3.63) is 47.5 Å². The summed E-state index contributed by atoms with van der Waals surface area (Å²) in [4.78, 5) is 0. The number of allylic oxidation sites excluding steroid dienone is 2. The minimum absolute atomic E-state index is 0.0233. The highest BCUT2D eigenvalue weighted by Gasteiger charge is 2.52. The van der Waals surface area contributed by atoms with Crippen LogP contribution in [-0.2, 0) is 0 Å². The molecule has 0 radical (unpaired) electrons. The van der Waals surface area contributed by atoms with Gasteiger partial charge in [0.2, 0.25) is 0 Å². The number of rotatable bonds is 1. The standard InChI is InChI=1S/C19H22N2/c1-14-10-16(15-8-6-5-7-9-15)19(12-20,13-21)17(11-14)18(2,3)4/h5-10,16-17H,11H2,1-4H3/t16-,17+/m0/s1. The summed E-state index contributed by atoms with van der Waals surface area (Å²) >= 11 is 0. The number of hydrogen-bond acceptors (Lipinski definition) is 2. The van der Waals surface area contributed by atoms with E-state index in [1.54, 1.807) is 0 Å². The molecular weight excluding hydrogens is 256 g/mol. The van der Waals surface area contributed by atoms with Crippen LogP contribution in [0, 0.1) is 39.4 Å². The first-order valence-electron chi connectivity index (χ1n) is 7.40. The fourth-order valence-electron chi connectivity index (χ4n) is 3.51. The molecule has 0 N–H and O–H groups in total. The fourth-order valence-corrected chi connectivity index (χ4v) is 3.51. The summed E-state index contributed by atoms with van der Waals surface area (Å²) in [5.74, 6) is -0.137. The van der Waals surface area contributed by atoms with Gasteiger partial charge in [0.15, 0.2) is 5.41 Å². The van der Waals surface area contributed by atoms with Crippen LogP contribution in [0.4, 0.5) is 0 Å². The van der Waals surface area contributed by atoms with Gasteiger partial charge in [0.1, 0.15) is 0 Å². The summed E-state index contributed by atoms with van der Waals surface area (Å²) in [6.45, 7) is 8.48. The van der Waals surface area contributed by atoms with E-state index in [-0.39, 0.29) is 17.3 Å². The third-order valence-corrected chi connectivity index (χ3v) is 4.59. The second-order valence-corrected chi connectivity index (χ2v) is 7.12. The fraction of sp³-hybridized carbons (Fsp3) is 0.474. The van der Waals surface area contributed by atoms with Crippen molar-refractivity contribution in [1.29, 1.82) is 10.5 Å². The van der Waals surface area contributed by atoms with Crippen molar-refractivity contribution in [3.8, 4) is 12.1 Å². The lowest BCUT2D eigenvalue weighted by Crippen LogP contribution is -2.43. The van der Waals surface area contributed by atoms with Gasteiger partial charge in [0.05, 0.1) is 12.1 Å². The maximum atomic E-state index is 9.89. The summed E-state index contributed by atoms with van der Waals surface area (Å²) in [7, 11) is 0. The summed E-state index contributed by atoms with van der Waals surface area (Å²) in [5.41, 5.74) is 1.23. The molecule has 1 aliphatic carbocycles. The highest BCUT2D eigenvalue weighted by Crippen LogP contribution is 2.54. The lowest BCUT2D eigenvalue weighted by molar-refractivity contribution is 0.122. The van der Waals surface area contributed by atoms with Crippen LogP contribution in [0.1, 0.15) is 45.6 Å². The molecule has 2 rings (SSSR count). The highest BCUT2D eigenvalue weighted by molar-refractivity contribution is 5.40. The Balaban J connectivity index is 2.65.